The lowest BCUT2D eigenvalue weighted by atomic mass is 10.00. The number of aromatic nitrogens is 4. The minimum atomic E-state index is -0.466. The van der Waals surface area contributed by atoms with Crippen LogP contribution in [0, 0.1) is 5.82 Å². The van der Waals surface area contributed by atoms with Gasteiger partial charge in [-0.3, -0.25) is 4.79 Å². The van der Waals surface area contributed by atoms with Crippen molar-refractivity contribution >= 4 is 35.2 Å². The van der Waals surface area contributed by atoms with E-state index in [1.807, 2.05) is 18.2 Å². The summed E-state index contributed by atoms with van der Waals surface area (Å²) < 4.78 is 18.9. The van der Waals surface area contributed by atoms with Crippen molar-refractivity contribution in [2.75, 3.05) is 12.1 Å². The Morgan fingerprint density at radius 1 is 1.27 bits per heavy atom. The van der Waals surface area contributed by atoms with Crippen LogP contribution in [0.4, 0.5) is 10.3 Å². The number of rotatable bonds is 5. The summed E-state index contributed by atoms with van der Waals surface area (Å²) in [6.07, 6.45) is 2.22. The van der Waals surface area contributed by atoms with Crippen LogP contribution < -0.4 is 9.75 Å². The molecule has 0 atom stereocenters. The molecule has 1 aliphatic rings. The first-order chi connectivity index (χ1) is 14.5. The zero-order valence-electron chi connectivity index (χ0n) is 16.1. The number of amides is 1. The number of nitrogens with zero attached hydrogens (tertiary/aromatic N) is 5. The van der Waals surface area contributed by atoms with Gasteiger partial charge in [0.15, 0.2) is 0 Å². The van der Waals surface area contributed by atoms with Crippen molar-refractivity contribution in [3.8, 4) is 5.75 Å². The molecule has 0 aliphatic carbocycles. The highest BCUT2D eigenvalue weighted by Gasteiger charge is 2.30. The SMILES string of the molecule is COc1ccc(/C=C2\C(=O)N(c3nnn[nH]3)N=C2C)cc1Cc1ccc(F)c(Cl)c1. The Bertz CT molecular complexity index is 1180. The molecule has 0 bridgehead atoms. The zero-order chi connectivity index (χ0) is 21.3. The third kappa shape index (κ3) is 3.79. The molecule has 0 spiro atoms. The Morgan fingerprint density at radius 2 is 2.10 bits per heavy atom. The summed E-state index contributed by atoms with van der Waals surface area (Å²) in [5.74, 6) is 0.0158. The normalized spacial score (nSPS) is 15.1. The fraction of sp³-hybridized carbons (Fsp3) is 0.150. The van der Waals surface area contributed by atoms with Crippen LogP contribution in [0.3, 0.4) is 0 Å². The van der Waals surface area contributed by atoms with Crippen LogP contribution >= 0.6 is 11.6 Å². The van der Waals surface area contributed by atoms with Crippen molar-refractivity contribution in [2.24, 2.45) is 5.10 Å². The highest BCUT2D eigenvalue weighted by molar-refractivity contribution is 6.32. The third-order valence-corrected chi connectivity index (χ3v) is 4.88. The monoisotopic (exact) mass is 426 g/mol. The van der Waals surface area contributed by atoms with Crippen LogP contribution in [0.2, 0.25) is 5.02 Å². The highest BCUT2D eigenvalue weighted by Crippen LogP contribution is 2.27. The van der Waals surface area contributed by atoms with Crippen LogP contribution in [0.15, 0.2) is 47.1 Å². The molecule has 152 valence electrons. The van der Waals surface area contributed by atoms with Gasteiger partial charge in [-0.25, -0.2) is 9.49 Å². The lowest BCUT2D eigenvalue weighted by molar-refractivity contribution is -0.114. The topological polar surface area (TPSA) is 96.4 Å². The van der Waals surface area contributed by atoms with Gasteiger partial charge in [0.05, 0.1) is 23.4 Å². The number of anilines is 1. The van der Waals surface area contributed by atoms with E-state index in [-0.39, 0.29) is 16.9 Å². The van der Waals surface area contributed by atoms with Gasteiger partial charge in [-0.1, -0.05) is 28.8 Å². The Kier molecular flexibility index (Phi) is 5.28. The number of aromatic amines is 1. The first-order valence-corrected chi connectivity index (χ1v) is 9.30. The number of H-pyrrole nitrogens is 1. The summed E-state index contributed by atoms with van der Waals surface area (Å²) in [5, 5.41) is 18.6. The molecule has 8 nitrogen and oxygen atoms in total. The molecule has 0 saturated heterocycles. The van der Waals surface area contributed by atoms with Gasteiger partial charge >= 0.3 is 0 Å². The van der Waals surface area contributed by atoms with Crippen molar-refractivity contribution in [3.05, 3.63) is 69.5 Å². The van der Waals surface area contributed by atoms with E-state index < -0.39 is 5.82 Å². The van der Waals surface area contributed by atoms with Crippen LogP contribution in [0.25, 0.3) is 6.08 Å². The Hall–Kier alpha value is -3.59. The second-order valence-corrected chi connectivity index (χ2v) is 6.99. The Morgan fingerprint density at radius 3 is 2.80 bits per heavy atom. The van der Waals surface area contributed by atoms with Crippen molar-refractivity contribution in [2.45, 2.75) is 13.3 Å². The standard InChI is InChI=1S/C20H16ClFN6O2/c1-11-15(19(29)28(25-11)20-23-26-27-24-20)9-12-4-6-18(30-2)14(7-12)8-13-3-5-17(22)16(21)10-13/h3-7,9-10H,8H2,1-2H3,(H,23,24,26,27)/b15-9-. The number of carbonyl (C=O) groups excluding carboxylic acids is 1. The zero-order valence-corrected chi connectivity index (χ0v) is 16.8. The van der Waals surface area contributed by atoms with Gasteiger partial charge < -0.3 is 4.74 Å². The number of carbonyl (C=O) groups is 1. The molecular weight excluding hydrogens is 411 g/mol. The largest absolute Gasteiger partial charge is 0.496 e. The molecule has 0 fully saturated rings. The van der Waals surface area contributed by atoms with Gasteiger partial charge in [0.25, 0.3) is 11.9 Å². The van der Waals surface area contributed by atoms with Crippen molar-refractivity contribution in [1.29, 1.82) is 0 Å². The Labute approximate surface area is 176 Å². The molecule has 1 amide bonds. The van der Waals surface area contributed by atoms with Gasteiger partial charge in [0.2, 0.25) is 0 Å². The number of halogens is 2. The summed E-state index contributed by atoms with van der Waals surface area (Å²) in [6.45, 7) is 1.73. The summed E-state index contributed by atoms with van der Waals surface area (Å²) in [7, 11) is 1.58. The minimum absolute atomic E-state index is 0.0649. The third-order valence-electron chi connectivity index (χ3n) is 4.59. The maximum Gasteiger partial charge on any atom is 0.283 e. The van der Waals surface area contributed by atoms with Gasteiger partial charge in [0, 0.05) is 6.42 Å². The summed E-state index contributed by atoms with van der Waals surface area (Å²) in [5.41, 5.74) is 3.45. The average molecular weight is 427 g/mol. The number of methoxy groups -OCH3 is 1. The average Bonchev–Trinajstić information content (AvgIpc) is 3.35. The molecule has 1 aromatic heterocycles. The molecular formula is C20H16ClFN6O2. The van der Waals surface area contributed by atoms with E-state index in [1.54, 1.807) is 32.2 Å². The summed E-state index contributed by atoms with van der Waals surface area (Å²) in [4.78, 5) is 12.7. The predicted molar refractivity (Wildman–Crippen MR) is 110 cm³/mol. The molecule has 1 N–H and O–H groups in total. The van der Waals surface area contributed by atoms with E-state index in [9.17, 15) is 9.18 Å². The molecule has 0 radical (unpaired) electrons. The molecule has 2 heterocycles. The number of hydrogen-bond donors (Lipinski definition) is 1. The van der Waals surface area contributed by atoms with E-state index in [4.69, 9.17) is 16.3 Å². The Balaban J connectivity index is 1.65. The molecule has 30 heavy (non-hydrogen) atoms. The summed E-state index contributed by atoms with van der Waals surface area (Å²) >= 11 is 5.90. The number of ether oxygens (including phenoxy) is 1. The second kappa shape index (κ2) is 8.03. The lowest BCUT2D eigenvalue weighted by Gasteiger charge is -2.11. The van der Waals surface area contributed by atoms with Gasteiger partial charge in [-0.15, -0.1) is 0 Å². The molecule has 0 saturated carbocycles. The van der Waals surface area contributed by atoms with Gasteiger partial charge in [-0.05, 0) is 64.4 Å². The maximum atomic E-state index is 13.5. The van der Waals surface area contributed by atoms with Gasteiger partial charge in [0.1, 0.15) is 11.6 Å². The van der Waals surface area contributed by atoms with E-state index in [0.717, 1.165) is 21.7 Å². The quantitative estimate of drug-likeness (QED) is 0.631. The number of benzene rings is 2. The van der Waals surface area contributed by atoms with E-state index >= 15 is 0 Å². The van der Waals surface area contributed by atoms with Crippen LogP contribution in [-0.4, -0.2) is 39.4 Å². The number of tetrazole rings is 1. The number of hydrazone groups is 1. The smallest absolute Gasteiger partial charge is 0.283 e. The molecule has 1 aliphatic heterocycles. The fourth-order valence-electron chi connectivity index (χ4n) is 3.13. The first-order valence-electron chi connectivity index (χ1n) is 8.92. The van der Waals surface area contributed by atoms with Gasteiger partial charge in [-0.2, -0.15) is 10.1 Å². The van der Waals surface area contributed by atoms with Crippen LogP contribution in [-0.2, 0) is 11.2 Å². The molecule has 4 rings (SSSR count). The molecule has 10 heteroatoms. The highest BCUT2D eigenvalue weighted by atomic mass is 35.5. The molecule has 3 aromatic rings. The van der Waals surface area contributed by atoms with Crippen LogP contribution in [0.1, 0.15) is 23.6 Å². The van der Waals surface area contributed by atoms with Crippen molar-refractivity contribution < 1.29 is 13.9 Å². The lowest BCUT2D eigenvalue weighted by Crippen LogP contribution is -2.22. The van der Waals surface area contributed by atoms with E-state index in [1.165, 1.54) is 6.07 Å². The predicted octanol–water partition coefficient (Wildman–Crippen LogP) is 3.40. The van der Waals surface area contributed by atoms with Crippen molar-refractivity contribution in [3.63, 3.8) is 0 Å². The fourth-order valence-corrected chi connectivity index (χ4v) is 3.34. The summed E-state index contributed by atoms with van der Waals surface area (Å²) in [6, 6.07) is 10.2. The van der Waals surface area contributed by atoms with E-state index in [2.05, 4.69) is 25.7 Å². The number of hydrogen-bond acceptors (Lipinski definition) is 6. The maximum absolute atomic E-state index is 13.5. The van der Waals surface area contributed by atoms with E-state index in [0.29, 0.717) is 23.5 Å². The second-order valence-electron chi connectivity index (χ2n) is 6.58. The first kappa shape index (κ1) is 19.7. The van der Waals surface area contributed by atoms with Crippen molar-refractivity contribution in [1.82, 2.24) is 20.6 Å². The number of nitrogens with one attached hydrogen (secondary N) is 1. The van der Waals surface area contributed by atoms with Crippen LogP contribution in [0.5, 0.6) is 5.75 Å². The molecule has 0 unspecified atom stereocenters. The molecule has 2 aromatic carbocycles. The minimum Gasteiger partial charge on any atom is -0.496 e.